The minimum Gasteiger partial charge on any atom is -0.369 e. The van der Waals surface area contributed by atoms with Crippen LogP contribution in [0.3, 0.4) is 0 Å². The third-order valence-electron chi connectivity index (χ3n) is 4.73. The number of carbonyl (C=O) groups is 1. The van der Waals surface area contributed by atoms with Gasteiger partial charge in [-0.3, -0.25) is 14.7 Å². The Morgan fingerprint density at radius 3 is 2.21 bits per heavy atom. The summed E-state index contributed by atoms with van der Waals surface area (Å²) in [7, 11) is 0. The molecule has 0 radical (unpaired) electrons. The molecule has 0 fully saturated rings. The molecule has 1 atom stereocenters. The van der Waals surface area contributed by atoms with E-state index in [0.29, 0.717) is 18.0 Å². The molecule has 1 aromatic rings. The first-order valence-corrected chi connectivity index (χ1v) is 9.18. The maximum atomic E-state index is 12.5. The van der Waals surface area contributed by atoms with Gasteiger partial charge in [-0.25, -0.2) is 0 Å². The van der Waals surface area contributed by atoms with E-state index >= 15 is 0 Å². The Hall–Kier alpha value is -1.42. The lowest BCUT2D eigenvalue weighted by Gasteiger charge is -2.35. The van der Waals surface area contributed by atoms with Gasteiger partial charge in [0.25, 0.3) is 0 Å². The summed E-state index contributed by atoms with van der Waals surface area (Å²) in [6, 6.07) is 6.75. The Morgan fingerprint density at radius 2 is 1.79 bits per heavy atom. The molecule has 4 heteroatoms. The molecule has 1 rings (SSSR count). The average Bonchev–Trinajstić information content (AvgIpc) is 2.49. The molecule has 24 heavy (non-hydrogen) atoms. The van der Waals surface area contributed by atoms with E-state index in [1.54, 1.807) is 6.20 Å². The fourth-order valence-corrected chi connectivity index (χ4v) is 3.70. The summed E-state index contributed by atoms with van der Waals surface area (Å²) in [6.07, 6.45) is 4.17. The Kier molecular flexibility index (Phi) is 7.88. The summed E-state index contributed by atoms with van der Waals surface area (Å²) in [5.41, 5.74) is 6.04. The van der Waals surface area contributed by atoms with E-state index in [0.717, 1.165) is 31.5 Å². The van der Waals surface area contributed by atoms with Crippen molar-refractivity contribution in [2.75, 3.05) is 6.54 Å². The van der Waals surface area contributed by atoms with Crippen molar-refractivity contribution in [1.29, 1.82) is 0 Å². The lowest BCUT2D eigenvalue weighted by Crippen LogP contribution is -2.44. The van der Waals surface area contributed by atoms with Crippen LogP contribution < -0.4 is 5.73 Å². The van der Waals surface area contributed by atoms with Crippen molar-refractivity contribution in [2.45, 2.75) is 78.3 Å². The van der Waals surface area contributed by atoms with E-state index in [-0.39, 0.29) is 5.91 Å². The molecular formula is C20H35N3O. The minimum absolute atomic E-state index is 0.254. The topological polar surface area (TPSA) is 59.2 Å². The standard InChI is InChI=1S/C20H35N3O/c1-15(2)14-20(19(21)24,18-10-7-8-12-22-18)11-9-13-23(16(3)4)17(5)6/h7-8,10,12,15-17H,9,11,13-14H2,1-6H3,(H2,21,24)/t20-/m0/s1. The first kappa shape index (κ1) is 20.6. The molecule has 0 unspecified atom stereocenters. The van der Waals surface area contributed by atoms with Gasteiger partial charge in [0.1, 0.15) is 0 Å². The molecule has 0 saturated heterocycles. The van der Waals surface area contributed by atoms with E-state index in [1.807, 2.05) is 18.2 Å². The summed E-state index contributed by atoms with van der Waals surface area (Å²) in [5.74, 6) is 0.126. The second-order valence-corrected chi connectivity index (χ2v) is 7.79. The number of hydrogen-bond acceptors (Lipinski definition) is 3. The van der Waals surface area contributed by atoms with Crippen LogP contribution in [0.15, 0.2) is 24.4 Å². The number of pyridine rings is 1. The van der Waals surface area contributed by atoms with Gasteiger partial charge in [0.15, 0.2) is 0 Å². The van der Waals surface area contributed by atoms with Crippen LogP contribution in [0.1, 0.15) is 66.5 Å². The van der Waals surface area contributed by atoms with Gasteiger partial charge in [-0.1, -0.05) is 19.9 Å². The highest BCUT2D eigenvalue weighted by Crippen LogP contribution is 2.35. The molecule has 4 nitrogen and oxygen atoms in total. The third-order valence-corrected chi connectivity index (χ3v) is 4.73. The van der Waals surface area contributed by atoms with Gasteiger partial charge in [-0.15, -0.1) is 0 Å². The summed E-state index contributed by atoms with van der Waals surface area (Å²) in [5, 5.41) is 0. The minimum atomic E-state index is -0.672. The summed E-state index contributed by atoms with van der Waals surface area (Å²) < 4.78 is 0. The number of primary amides is 1. The fraction of sp³-hybridized carbons (Fsp3) is 0.700. The number of rotatable bonds is 10. The molecular weight excluding hydrogens is 298 g/mol. The Morgan fingerprint density at radius 1 is 1.17 bits per heavy atom. The predicted octanol–water partition coefficient (Wildman–Crippen LogP) is 3.75. The molecule has 0 spiro atoms. The quantitative estimate of drug-likeness (QED) is 0.709. The highest BCUT2D eigenvalue weighted by atomic mass is 16.1. The summed E-state index contributed by atoms with van der Waals surface area (Å²) >= 11 is 0. The summed E-state index contributed by atoms with van der Waals surface area (Å²) in [6.45, 7) is 14.1. The van der Waals surface area contributed by atoms with Crippen LogP contribution in [0.5, 0.6) is 0 Å². The van der Waals surface area contributed by atoms with Crippen LogP contribution in [0.2, 0.25) is 0 Å². The molecule has 0 bridgehead atoms. The molecule has 2 N–H and O–H groups in total. The maximum absolute atomic E-state index is 12.5. The first-order chi connectivity index (χ1) is 11.2. The maximum Gasteiger partial charge on any atom is 0.229 e. The molecule has 1 heterocycles. The van der Waals surface area contributed by atoms with Crippen LogP contribution in [-0.2, 0) is 10.2 Å². The van der Waals surface area contributed by atoms with Gasteiger partial charge >= 0.3 is 0 Å². The monoisotopic (exact) mass is 333 g/mol. The van der Waals surface area contributed by atoms with E-state index in [9.17, 15) is 4.79 Å². The van der Waals surface area contributed by atoms with Gasteiger partial charge in [0.2, 0.25) is 5.91 Å². The number of hydrogen-bond donors (Lipinski definition) is 1. The van der Waals surface area contributed by atoms with Gasteiger partial charge in [0, 0.05) is 18.3 Å². The van der Waals surface area contributed by atoms with E-state index < -0.39 is 5.41 Å². The number of carbonyl (C=O) groups excluding carboxylic acids is 1. The molecule has 1 amide bonds. The van der Waals surface area contributed by atoms with Crippen molar-refractivity contribution in [2.24, 2.45) is 11.7 Å². The second kappa shape index (κ2) is 9.16. The summed E-state index contributed by atoms with van der Waals surface area (Å²) in [4.78, 5) is 19.4. The van der Waals surface area contributed by atoms with Crippen LogP contribution in [0.4, 0.5) is 0 Å². The predicted molar refractivity (Wildman–Crippen MR) is 101 cm³/mol. The first-order valence-electron chi connectivity index (χ1n) is 9.18. The fourth-order valence-electron chi connectivity index (χ4n) is 3.70. The molecule has 0 aliphatic carbocycles. The Bertz CT molecular complexity index is 491. The molecule has 0 aromatic carbocycles. The molecule has 1 aromatic heterocycles. The van der Waals surface area contributed by atoms with Crippen molar-refractivity contribution in [3.63, 3.8) is 0 Å². The van der Waals surface area contributed by atoms with E-state index in [2.05, 4.69) is 51.4 Å². The van der Waals surface area contributed by atoms with Crippen molar-refractivity contribution < 1.29 is 4.79 Å². The molecule has 0 saturated carbocycles. The van der Waals surface area contributed by atoms with Gasteiger partial charge < -0.3 is 5.73 Å². The SMILES string of the molecule is CC(C)C[C@](CCCN(C(C)C)C(C)C)(C(N)=O)c1ccccn1. The average molecular weight is 334 g/mol. The van der Waals surface area contributed by atoms with Crippen LogP contribution in [-0.4, -0.2) is 34.4 Å². The van der Waals surface area contributed by atoms with Gasteiger partial charge in [0.05, 0.1) is 11.1 Å². The largest absolute Gasteiger partial charge is 0.369 e. The number of amides is 1. The highest BCUT2D eigenvalue weighted by Gasteiger charge is 2.40. The normalized spacial score (nSPS) is 14.6. The van der Waals surface area contributed by atoms with E-state index in [4.69, 9.17) is 5.73 Å². The van der Waals surface area contributed by atoms with Crippen LogP contribution >= 0.6 is 0 Å². The van der Waals surface area contributed by atoms with Crippen LogP contribution in [0.25, 0.3) is 0 Å². The van der Waals surface area contributed by atoms with Gasteiger partial charge in [-0.2, -0.15) is 0 Å². The zero-order valence-electron chi connectivity index (χ0n) is 16.2. The smallest absolute Gasteiger partial charge is 0.229 e. The molecule has 136 valence electrons. The van der Waals surface area contributed by atoms with E-state index in [1.165, 1.54) is 0 Å². The third kappa shape index (κ3) is 5.30. The number of aromatic nitrogens is 1. The van der Waals surface area contributed by atoms with Gasteiger partial charge in [-0.05, 0) is 71.6 Å². The number of nitrogens with two attached hydrogens (primary N) is 1. The Balaban J connectivity index is 3.00. The second-order valence-electron chi connectivity index (χ2n) is 7.79. The Labute approximate surface area is 147 Å². The highest BCUT2D eigenvalue weighted by molar-refractivity contribution is 5.86. The lowest BCUT2D eigenvalue weighted by molar-refractivity contribution is -0.124. The van der Waals surface area contributed by atoms with Crippen molar-refractivity contribution in [1.82, 2.24) is 9.88 Å². The molecule has 0 aliphatic heterocycles. The zero-order valence-corrected chi connectivity index (χ0v) is 16.2. The number of nitrogens with zero attached hydrogens (tertiary/aromatic N) is 2. The van der Waals surface area contributed by atoms with Crippen molar-refractivity contribution >= 4 is 5.91 Å². The van der Waals surface area contributed by atoms with Crippen molar-refractivity contribution in [3.8, 4) is 0 Å². The van der Waals surface area contributed by atoms with Crippen LogP contribution in [0, 0.1) is 5.92 Å². The lowest BCUT2D eigenvalue weighted by atomic mass is 9.73. The molecule has 0 aliphatic rings. The zero-order chi connectivity index (χ0) is 18.3. The van der Waals surface area contributed by atoms with Crippen molar-refractivity contribution in [3.05, 3.63) is 30.1 Å².